The second kappa shape index (κ2) is 6.05. The normalized spacial score (nSPS) is 10.3. The molecule has 1 N–H and O–H groups in total. The lowest BCUT2D eigenvalue weighted by Gasteiger charge is -2.07. The minimum Gasteiger partial charge on any atom is -0.367 e. The van der Waals surface area contributed by atoms with E-state index in [9.17, 15) is 4.39 Å². The van der Waals surface area contributed by atoms with E-state index in [2.05, 4.69) is 20.3 Å². The SMILES string of the molecule is CCc1ncnc(NCCc2ccccn2)c1F. The average molecular weight is 246 g/mol. The van der Waals surface area contributed by atoms with Crippen molar-refractivity contribution in [2.24, 2.45) is 0 Å². The molecule has 0 spiro atoms. The number of aryl methyl sites for hydroxylation is 1. The molecule has 0 aliphatic carbocycles. The van der Waals surface area contributed by atoms with Gasteiger partial charge in [-0.3, -0.25) is 4.98 Å². The highest BCUT2D eigenvalue weighted by Gasteiger charge is 2.08. The summed E-state index contributed by atoms with van der Waals surface area (Å²) in [4.78, 5) is 12.0. The smallest absolute Gasteiger partial charge is 0.186 e. The molecule has 0 saturated carbocycles. The van der Waals surface area contributed by atoms with E-state index in [0.717, 1.165) is 12.1 Å². The lowest BCUT2D eigenvalue weighted by atomic mass is 10.2. The van der Waals surface area contributed by atoms with Crippen molar-refractivity contribution >= 4 is 5.82 Å². The van der Waals surface area contributed by atoms with Crippen molar-refractivity contribution in [3.05, 3.63) is 47.9 Å². The molecule has 2 heterocycles. The number of halogens is 1. The summed E-state index contributed by atoms with van der Waals surface area (Å²) in [6.45, 7) is 2.46. The number of nitrogens with one attached hydrogen (secondary N) is 1. The predicted molar refractivity (Wildman–Crippen MR) is 67.8 cm³/mol. The van der Waals surface area contributed by atoms with Gasteiger partial charge in [0.15, 0.2) is 11.6 Å². The van der Waals surface area contributed by atoms with Crippen LogP contribution >= 0.6 is 0 Å². The number of rotatable bonds is 5. The molecule has 0 aliphatic rings. The highest BCUT2D eigenvalue weighted by atomic mass is 19.1. The fraction of sp³-hybridized carbons (Fsp3) is 0.308. The molecule has 0 aromatic carbocycles. The number of anilines is 1. The summed E-state index contributed by atoms with van der Waals surface area (Å²) >= 11 is 0. The molecule has 0 aliphatic heterocycles. The van der Waals surface area contributed by atoms with Crippen LogP contribution in [0.2, 0.25) is 0 Å². The predicted octanol–water partition coefficient (Wildman–Crippen LogP) is 2.23. The van der Waals surface area contributed by atoms with Gasteiger partial charge in [0.05, 0.1) is 5.69 Å². The number of aromatic nitrogens is 3. The summed E-state index contributed by atoms with van der Waals surface area (Å²) in [6.07, 6.45) is 4.41. The lowest BCUT2D eigenvalue weighted by Crippen LogP contribution is -2.10. The first-order chi connectivity index (χ1) is 8.81. The molecule has 2 rings (SSSR count). The van der Waals surface area contributed by atoms with Crippen LogP contribution in [0.25, 0.3) is 0 Å². The molecule has 4 nitrogen and oxygen atoms in total. The summed E-state index contributed by atoms with van der Waals surface area (Å²) in [5.74, 6) is -0.0983. The maximum atomic E-state index is 13.8. The first-order valence-electron chi connectivity index (χ1n) is 5.94. The van der Waals surface area contributed by atoms with Gasteiger partial charge < -0.3 is 5.32 Å². The zero-order valence-electron chi connectivity index (χ0n) is 10.2. The molecule has 94 valence electrons. The Morgan fingerprint density at radius 2 is 2.11 bits per heavy atom. The highest BCUT2D eigenvalue weighted by molar-refractivity contribution is 5.37. The molecule has 0 atom stereocenters. The van der Waals surface area contributed by atoms with Crippen molar-refractivity contribution < 1.29 is 4.39 Å². The summed E-state index contributed by atoms with van der Waals surface area (Å²) in [5, 5.41) is 2.97. The van der Waals surface area contributed by atoms with Crippen LogP contribution in [0, 0.1) is 5.82 Å². The molecular weight excluding hydrogens is 231 g/mol. The summed E-state index contributed by atoms with van der Waals surface area (Å²) in [5.41, 5.74) is 1.40. The van der Waals surface area contributed by atoms with Gasteiger partial charge in [-0.15, -0.1) is 0 Å². The van der Waals surface area contributed by atoms with Crippen LogP contribution in [0.3, 0.4) is 0 Å². The van der Waals surface area contributed by atoms with Crippen LogP contribution in [0.15, 0.2) is 30.7 Å². The molecule has 0 bridgehead atoms. The van der Waals surface area contributed by atoms with Gasteiger partial charge in [0.25, 0.3) is 0 Å². The number of hydrogen-bond donors (Lipinski definition) is 1. The van der Waals surface area contributed by atoms with Crippen LogP contribution in [0.1, 0.15) is 18.3 Å². The van der Waals surface area contributed by atoms with Crippen LogP contribution in [-0.4, -0.2) is 21.5 Å². The maximum Gasteiger partial charge on any atom is 0.186 e. The standard InChI is InChI=1S/C13H15FN4/c1-2-11-12(14)13(18-9-17-11)16-8-6-10-5-3-4-7-15-10/h3-5,7,9H,2,6,8H2,1H3,(H,16,17,18). The van der Waals surface area contributed by atoms with Gasteiger partial charge in [-0.05, 0) is 18.6 Å². The Labute approximate surface area is 105 Å². The largest absolute Gasteiger partial charge is 0.367 e. The highest BCUT2D eigenvalue weighted by Crippen LogP contribution is 2.12. The van der Waals surface area contributed by atoms with Crippen molar-refractivity contribution in [1.29, 1.82) is 0 Å². The van der Waals surface area contributed by atoms with Crippen LogP contribution in [0.4, 0.5) is 10.2 Å². The van der Waals surface area contributed by atoms with Crippen LogP contribution in [0.5, 0.6) is 0 Å². The number of nitrogens with zero attached hydrogens (tertiary/aromatic N) is 3. The van der Waals surface area contributed by atoms with Crippen molar-refractivity contribution in [3.8, 4) is 0 Å². The molecule has 5 heteroatoms. The summed E-state index contributed by atoms with van der Waals surface area (Å²) < 4.78 is 13.8. The topological polar surface area (TPSA) is 50.7 Å². The molecule has 2 aromatic rings. The monoisotopic (exact) mass is 246 g/mol. The molecule has 0 unspecified atom stereocenters. The summed E-state index contributed by atoms with van der Waals surface area (Å²) in [7, 11) is 0. The van der Waals surface area contributed by atoms with E-state index in [1.54, 1.807) is 6.20 Å². The zero-order valence-corrected chi connectivity index (χ0v) is 10.2. The molecular formula is C13H15FN4. The molecule has 0 radical (unpaired) electrons. The van der Waals surface area contributed by atoms with Gasteiger partial charge in [-0.2, -0.15) is 0 Å². The van der Waals surface area contributed by atoms with Gasteiger partial charge in [0.2, 0.25) is 0 Å². The van der Waals surface area contributed by atoms with Gasteiger partial charge in [-0.1, -0.05) is 13.0 Å². The van der Waals surface area contributed by atoms with E-state index in [-0.39, 0.29) is 11.6 Å². The quantitative estimate of drug-likeness (QED) is 0.879. The average Bonchev–Trinajstić information content (AvgIpc) is 2.42. The second-order valence-corrected chi connectivity index (χ2v) is 3.83. The van der Waals surface area contributed by atoms with Crippen molar-refractivity contribution in [3.63, 3.8) is 0 Å². The maximum absolute atomic E-state index is 13.8. The molecule has 2 aromatic heterocycles. The van der Waals surface area contributed by atoms with Crippen molar-refractivity contribution in [1.82, 2.24) is 15.0 Å². The Balaban J connectivity index is 1.95. The van der Waals surface area contributed by atoms with E-state index in [1.807, 2.05) is 25.1 Å². The van der Waals surface area contributed by atoms with Gasteiger partial charge in [-0.25, -0.2) is 14.4 Å². The molecule has 0 saturated heterocycles. The Hall–Kier alpha value is -2.04. The van der Waals surface area contributed by atoms with E-state index in [1.165, 1.54) is 6.33 Å². The number of hydrogen-bond acceptors (Lipinski definition) is 4. The minimum absolute atomic E-state index is 0.262. The summed E-state index contributed by atoms with van der Waals surface area (Å²) in [6, 6.07) is 5.74. The fourth-order valence-electron chi connectivity index (χ4n) is 1.63. The van der Waals surface area contributed by atoms with E-state index in [0.29, 0.717) is 18.7 Å². The lowest BCUT2D eigenvalue weighted by molar-refractivity contribution is 0.596. The first-order valence-corrected chi connectivity index (χ1v) is 5.94. The van der Waals surface area contributed by atoms with Gasteiger partial charge in [0, 0.05) is 24.9 Å². The second-order valence-electron chi connectivity index (χ2n) is 3.83. The van der Waals surface area contributed by atoms with E-state index < -0.39 is 0 Å². The third-order valence-corrected chi connectivity index (χ3v) is 2.60. The van der Waals surface area contributed by atoms with E-state index in [4.69, 9.17) is 0 Å². The Kier molecular flexibility index (Phi) is 4.17. The van der Waals surface area contributed by atoms with Crippen LogP contribution < -0.4 is 5.32 Å². The molecule has 18 heavy (non-hydrogen) atoms. The molecule has 0 fully saturated rings. The minimum atomic E-state index is -0.360. The van der Waals surface area contributed by atoms with Crippen molar-refractivity contribution in [2.75, 3.05) is 11.9 Å². The Morgan fingerprint density at radius 3 is 2.83 bits per heavy atom. The first kappa shape index (κ1) is 12.4. The molecule has 0 amide bonds. The van der Waals surface area contributed by atoms with E-state index >= 15 is 0 Å². The van der Waals surface area contributed by atoms with Gasteiger partial charge in [0.1, 0.15) is 6.33 Å². The Morgan fingerprint density at radius 1 is 1.22 bits per heavy atom. The van der Waals surface area contributed by atoms with Crippen LogP contribution in [-0.2, 0) is 12.8 Å². The fourth-order valence-corrected chi connectivity index (χ4v) is 1.63. The Bertz CT molecular complexity index is 502. The third-order valence-electron chi connectivity index (χ3n) is 2.60. The van der Waals surface area contributed by atoms with Crippen molar-refractivity contribution in [2.45, 2.75) is 19.8 Å². The third kappa shape index (κ3) is 3.00. The number of pyridine rings is 1. The zero-order chi connectivity index (χ0) is 12.8. The van der Waals surface area contributed by atoms with Gasteiger partial charge >= 0.3 is 0 Å².